The smallest absolute Gasteiger partial charge is 0.387 e. The van der Waals surface area contributed by atoms with E-state index in [1.165, 1.54) is 6.07 Å². The van der Waals surface area contributed by atoms with Crippen molar-refractivity contribution < 1.29 is 18.3 Å². The molecule has 0 aliphatic carbocycles. The summed E-state index contributed by atoms with van der Waals surface area (Å²) in [6.45, 7) is 6.39. The van der Waals surface area contributed by atoms with Gasteiger partial charge in [-0.1, -0.05) is 56.0 Å². The number of hydrogen-bond acceptors (Lipinski definition) is 2. The molecule has 0 heterocycles. The Morgan fingerprint density at radius 1 is 0.879 bits per heavy atom. The van der Waals surface area contributed by atoms with E-state index >= 15 is 0 Å². The third-order valence-corrected chi connectivity index (χ3v) is 6.32. The molecule has 0 aliphatic heterocycles. The molecule has 2 nitrogen and oxygen atoms in total. The number of unbranched alkanes of at least 4 members (excludes halogenated alkanes) is 2. The Kier molecular flexibility index (Phi) is 10.1. The topological polar surface area (TPSA) is 23.5 Å². The van der Waals surface area contributed by atoms with Gasteiger partial charge in [0, 0.05) is 22.0 Å². The molecule has 0 radical (unpaired) electrons. The molecular formula is C25H29Cl3F3NO. The lowest BCUT2D eigenvalue weighted by molar-refractivity contribution is -0.137. The summed E-state index contributed by atoms with van der Waals surface area (Å²) in [5.74, 6) is 0. The van der Waals surface area contributed by atoms with E-state index in [0.717, 1.165) is 50.9 Å². The van der Waals surface area contributed by atoms with Crippen LogP contribution in [0.3, 0.4) is 0 Å². The molecule has 0 fully saturated rings. The predicted octanol–water partition coefficient (Wildman–Crippen LogP) is 8.68. The second-order valence-corrected chi connectivity index (χ2v) is 9.07. The van der Waals surface area contributed by atoms with Gasteiger partial charge in [-0.25, -0.2) is 0 Å². The fraction of sp³-hybridized carbons (Fsp3) is 0.440. The summed E-state index contributed by atoms with van der Waals surface area (Å²) in [6, 6.07) is 8.58. The van der Waals surface area contributed by atoms with Crippen molar-refractivity contribution in [2.75, 3.05) is 19.6 Å². The summed E-state index contributed by atoms with van der Waals surface area (Å²) in [7, 11) is 0. The molecule has 3 rings (SSSR count). The zero-order chi connectivity index (χ0) is 23.5. The van der Waals surface area contributed by atoms with Gasteiger partial charge in [0.05, 0.1) is 11.7 Å². The lowest BCUT2D eigenvalue weighted by atomic mass is 9.93. The van der Waals surface area contributed by atoms with E-state index in [2.05, 4.69) is 18.7 Å². The maximum Gasteiger partial charge on any atom is 0.416 e. The minimum Gasteiger partial charge on any atom is -0.387 e. The van der Waals surface area contributed by atoms with Crippen LogP contribution in [0.4, 0.5) is 13.2 Å². The normalized spacial score (nSPS) is 13.0. The zero-order valence-electron chi connectivity index (χ0n) is 18.7. The van der Waals surface area contributed by atoms with E-state index in [9.17, 15) is 18.3 Å². The van der Waals surface area contributed by atoms with Crippen LogP contribution in [0.1, 0.15) is 56.8 Å². The first-order valence-corrected chi connectivity index (χ1v) is 11.7. The highest BCUT2D eigenvalue weighted by molar-refractivity contribution is 6.39. The zero-order valence-corrected chi connectivity index (χ0v) is 21.0. The first-order valence-electron chi connectivity index (χ1n) is 11.0. The molecule has 1 N–H and O–H groups in total. The van der Waals surface area contributed by atoms with Gasteiger partial charge in [0.25, 0.3) is 0 Å². The van der Waals surface area contributed by atoms with E-state index in [-0.39, 0.29) is 12.4 Å². The monoisotopic (exact) mass is 521 g/mol. The number of fused-ring (bicyclic) bond motifs is 3. The maximum atomic E-state index is 13.4. The van der Waals surface area contributed by atoms with Crippen LogP contribution >= 0.6 is 35.6 Å². The summed E-state index contributed by atoms with van der Waals surface area (Å²) < 4.78 is 40.3. The lowest BCUT2D eigenvalue weighted by Crippen LogP contribution is -2.30. The molecule has 1 atom stereocenters. The molecule has 3 aromatic carbocycles. The Balaban J connectivity index is 0.00000385. The summed E-state index contributed by atoms with van der Waals surface area (Å²) in [4.78, 5) is 2.22. The number of alkyl halides is 3. The van der Waals surface area contributed by atoms with Gasteiger partial charge in [-0.3, -0.25) is 0 Å². The van der Waals surface area contributed by atoms with Crippen LogP contribution in [0.5, 0.6) is 0 Å². The van der Waals surface area contributed by atoms with Gasteiger partial charge in [-0.05, 0) is 78.0 Å². The second kappa shape index (κ2) is 11.9. The summed E-state index contributed by atoms with van der Waals surface area (Å²) in [5, 5.41) is 13.9. The van der Waals surface area contributed by atoms with Crippen molar-refractivity contribution in [3.05, 3.63) is 57.6 Å². The predicted molar refractivity (Wildman–Crippen MR) is 135 cm³/mol. The average Bonchev–Trinajstić information content (AvgIpc) is 2.74. The number of halogens is 6. The van der Waals surface area contributed by atoms with E-state index in [4.69, 9.17) is 23.2 Å². The third-order valence-electron chi connectivity index (χ3n) is 5.79. The van der Waals surface area contributed by atoms with Crippen LogP contribution in [0.2, 0.25) is 10.0 Å². The molecule has 0 amide bonds. The van der Waals surface area contributed by atoms with Crippen molar-refractivity contribution >= 4 is 57.2 Å². The van der Waals surface area contributed by atoms with Gasteiger partial charge in [0.15, 0.2) is 0 Å². The second-order valence-electron chi connectivity index (χ2n) is 8.23. The number of rotatable bonds is 9. The van der Waals surface area contributed by atoms with Gasteiger partial charge in [-0.2, -0.15) is 13.2 Å². The molecule has 182 valence electrons. The van der Waals surface area contributed by atoms with Crippen molar-refractivity contribution in [3.8, 4) is 0 Å². The van der Waals surface area contributed by atoms with E-state index < -0.39 is 17.8 Å². The van der Waals surface area contributed by atoms with E-state index in [1.807, 2.05) is 0 Å². The van der Waals surface area contributed by atoms with Gasteiger partial charge < -0.3 is 10.0 Å². The Morgan fingerprint density at radius 3 is 2.06 bits per heavy atom. The third kappa shape index (κ3) is 6.67. The Morgan fingerprint density at radius 2 is 1.48 bits per heavy atom. The number of aliphatic hydroxyl groups excluding tert-OH is 1. The molecule has 0 spiro atoms. The first kappa shape index (κ1) is 28.0. The van der Waals surface area contributed by atoms with Gasteiger partial charge in [0.1, 0.15) is 0 Å². The van der Waals surface area contributed by atoms with Crippen LogP contribution in [0, 0.1) is 0 Å². The molecule has 8 heteroatoms. The molecule has 33 heavy (non-hydrogen) atoms. The average molecular weight is 523 g/mol. The highest BCUT2D eigenvalue weighted by Crippen LogP contribution is 2.40. The number of benzene rings is 3. The Labute approximate surface area is 209 Å². The number of aliphatic hydroxyl groups is 1. The van der Waals surface area contributed by atoms with Crippen molar-refractivity contribution in [1.29, 1.82) is 0 Å². The SMILES string of the molecule is CCCCN(CCCC)CC(O)c1cc2c(Cl)cc(Cl)cc2c2cc(C(F)(F)F)ccc12.Cl. The standard InChI is InChI=1S/C25H28Cl2F3NO.ClH/c1-3-5-9-31(10-6-4-2)15-24(32)22-14-21-20(12-17(26)13-23(21)27)19-11-16(25(28,29)30)7-8-18(19)22;/h7-8,11-14,24,32H,3-6,9-10,15H2,1-2H3;1H. The van der Waals surface area contributed by atoms with Crippen LogP contribution < -0.4 is 0 Å². The molecule has 0 saturated heterocycles. The molecule has 0 saturated carbocycles. The highest BCUT2D eigenvalue weighted by Gasteiger charge is 2.31. The van der Waals surface area contributed by atoms with Crippen molar-refractivity contribution in [2.45, 2.75) is 51.8 Å². The van der Waals surface area contributed by atoms with Crippen LogP contribution in [0.15, 0.2) is 36.4 Å². The molecule has 3 aromatic rings. The fourth-order valence-corrected chi connectivity index (χ4v) is 4.61. The first-order chi connectivity index (χ1) is 15.2. The highest BCUT2D eigenvalue weighted by atomic mass is 35.5. The minimum atomic E-state index is -4.48. The molecular weight excluding hydrogens is 494 g/mol. The van der Waals surface area contributed by atoms with Crippen molar-refractivity contribution in [1.82, 2.24) is 4.90 Å². The molecule has 0 aliphatic rings. The van der Waals surface area contributed by atoms with Crippen molar-refractivity contribution in [3.63, 3.8) is 0 Å². The minimum absolute atomic E-state index is 0. The molecule has 0 aromatic heterocycles. The lowest BCUT2D eigenvalue weighted by Gasteiger charge is -2.26. The van der Waals surface area contributed by atoms with E-state index in [0.29, 0.717) is 43.7 Å². The largest absolute Gasteiger partial charge is 0.416 e. The maximum absolute atomic E-state index is 13.4. The summed E-state index contributed by atoms with van der Waals surface area (Å²) in [6.07, 6.45) is -1.20. The Hall–Kier alpha value is -1.24. The number of hydrogen-bond donors (Lipinski definition) is 1. The summed E-state index contributed by atoms with van der Waals surface area (Å²) >= 11 is 12.6. The Bertz CT molecular complexity index is 1080. The fourth-order valence-electron chi connectivity index (χ4n) is 4.06. The van der Waals surface area contributed by atoms with Gasteiger partial charge >= 0.3 is 6.18 Å². The van der Waals surface area contributed by atoms with Gasteiger partial charge in [-0.15, -0.1) is 12.4 Å². The number of nitrogens with zero attached hydrogens (tertiary/aromatic N) is 1. The quantitative estimate of drug-likeness (QED) is 0.284. The van der Waals surface area contributed by atoms with E-state index in [1.54, 1.807) is 18.2 Å². The van der Waals surface area contributed by atoms with Crippen LogP contribution in [0.25, 0.3) is 21.5 Å². The van der Waals surface area contributed by atoms with Gasteiger partial charge in [0.2, 0.25) is 0 Å². The van der Waals surface area contributed by atoms with Crippen LogP contribution in [-0.2, 0) is 6.18 Å². The molecule has 0 bridgehead atoms. The van der Waals surface area contributed by atoms with Crippen molar-refractivity contribution in [2.24, 2.45) is 0 Å². The van der Waals surface area contributed by atoms with Crippen LogP contribution in [-0.4, -0.2) is 29.6 Å². The summed E-state index contributed by atoms with van der Waals surface area (Å²) in [5.41, 5.74) is -0.176. The molecule has 1 unspecified atom stereocenters.